The molecule has 23 heavy (non-hydrogen) atoms. The van der Waals surface area contributed by atoms with E-state index in [0.29, 0.717) is 10.7 Å². The molecule has 1 aromatic rings. The number of aryl methyl sites for hydroxylation is 2. The molecule has 1 aromatic carbocycles. The lowest BCUT2D eigenvalue weighted by atomic mass is 10.1. The summed E-state index contributed by atoms with van der Waals surface area (Å²) in [6, 6.07) is 5.69. The molecule has 1 amide bonds. The van der Waals surface area contributed by atoms with Gasteiger partial charge in [0.05, 0.1) is 11.0 Å². The molecule has 1 aliphatic rings. The van der Waals surface area contributed by atoms with Gasteiger partial charge in [0, 0.05) is 13.1 Å². The van der Waals surface area contributed by atoms with Gasteiger partial charge in [-0.2, -0.15) is 5.26 Å². The number of carbonyl (C=O) groups excluding carboxylic acids is 2. The highest BCUT2D eigenvalue weighted by Crippen LogP contribution is 2.30. The number of ether oxygens (including phenoxy) is 1. The molecule has 118 valence electrons. The second kappa shape index (κ2) is 7.16. The van der Waals surface area contributed by atoms with E-state index in [4.69, 9.17) is 10.00 Å². The largest absolute Gasteiger partial charge is 0.426 e. The minimum atomic E-state index is -0.363. The average Bonchev–Trinajstić information content (AvgIpc) is 2.47. The van der Waals surface area contributed by atoms with Gasteiger partial charge in [-0.3, -0.25) is 9.59 Å². The topological polar surface area (TPSA) is 70.4 Å². The van der Waals surface area contributed by atoms with Crippen molar-refractivity contribution in [2.45, 2.75) is 20.8 Å². The van der Waals surface area contributed by atoms with E-state index in [0.717, 1.165) is 16.7 Å². The molecule has 0 radical (unpaired) electrons. The Morgan fingerprint density at radius 1 is 1.39 bits per heavy atom. The van der Waals surface area contributed by atoms with E-state index in [-0.39, 0.29) is 18.4 Å². The third-order valence-electron chi connectivity index (χ3n) is 3.17. The van der Waals surface area contributed by atoms with Crippen LogP contribution in [0, 0.1) is 25.2 Å². The van der Waals surface area contributed by atoms with Gasteiger partial charge in [0.1, 0.15) is 12.3 Å². The summed E-state index contributed by atoms with van der Waals surface area (Å²) in [6.45, 7) is 5.09. The van der Waals surface area contributed by atoms with Crippen LogP contribution in [0.5, 0.6) is 5.75 Å². The molecule has 0 saturated heterocycles. The van der Waals surface area contributed by atoms with E-state index >= 15 is 0 Å². The lowest BCUT2D eigenvalue weighted by Gasteiger charge is -2.20. The number of benzene rings is 1. The molecule has 0 N–H and O–H groups in total. The van der Waals surface area contributed by atoms with Gasteiger partial charge in [-0.15, -0.1) is 0 Å². The molecule has 0 aliphatic carbocycles. The van der Waals surface area contributed by atoms with Crippen LogP contribution in [0.15, 0.2) is 28.6 Å². The second-order valence-corrected chi connectivity index (χ2v) is 6.03. The van der Waals surface area contributed by atoms with Crippen LogP contribution in [0.4, 0.5) is 0 Å². The van der Waals surface area contributed by atoms with Gasteiger partial charge in [-0.1, -0.05) is 11.8 Å². The van der Waals surface area contributed by atoms with Crippen molar-refractivity contribution < 1.29 is 14.3 Å². The number of rotatable bonds is 3. The quantitative estimate of drug-likeness (QED) is 0.369. The molecule has 0 unspecified atom stereocenters. The Morgan fingerprint density at radius 2 is 2.04 bits per heavy atom. The highest BCUT2D eigenvalue weighted by molar-refractivity contribution is 8.06. The number of nitriles is 1. The molecular weight excluding hydrogens is 312 g/mol. The first-order valence-corrected chi connectivity index (χ1v) is 7.83. The van der Waals surface area contributed by atoms with E-state index in [1.807, 2.05) is 32.0 Å². The van der Waals surface area contributed by atoms with Gasteiger partial charge in [0.15, 0.2) is 0 Å². The highest BCUT2D eigenvalue weighted by atomic mass is 32.2. The number of esters is 1. The molecular formula is C17H16N2O3S. The first-order valence-electron chi connectivity index (χ1n) is 6.95. The number of thioether (sulfide) groups is 1. The second-order valence-electron chi connectivity index (χ2n) is 5.08. The van der Waals surface area contributed by atoms with E-state index in [2.05, 4.69) is 0 Å². The van der Waals surface area contributed by atoms with Crippen LogP contribution in [0.1, 0.15) is 23.6 Å². The van der Waals surface area contributed by atoms with Gasteiger partial charge >= 0.3 is 5.97 Å². The fourth-order valence-electron chi connectivity index (χ4n) is 2.26. The van der Waals surface area contributed by atoms with E-state index in [1.54, 1.807) is 17.7 Å². The van der Waals surface area contributed by atoms with Crippen LogP contribution in [0.3, 0.4) is 0 Å². The first kappa shape index (κ1) is 16.8. The van der Waals surface area contributed by atoms with E-state index in [9.17, 15) is 9.59 Å². The monoisotopic (exact) mass is 328 g/mol. The molecule has 6 heteroatoms. The summed E-state index contributed by atoms with van der Waals surface area (Å²) in [5.74, 6) is -0.00991. The SMILES string of the molecule is CC(=O)Oc1c(C)cc(C=C2SC=CN(CC#N)C2=O)cc1C. The molecule has 0 aromatic heterocycles. The standard InChI is InChI=1S/C17H16N2O3S/c1-11-8-14(9-12(2)16(11)22-13(3)20)10-15-17(21)19(5-4-18)6-7-23-15/h6-10H,5H2,1-3H3. The maximum Gasteiger partial charge on any atom is 0.308 e. The molecule has 0 bridgehead atoms. The Balaban J connectivity index is 2.33. The molecule has 1 aliphatic heterocycles. The summed E-state index contributed by atoms with van der Waals surface area (Å²) in [4.78, 5) is 25.3. The van der Waals surface area contributed by atoms with Gasteiger partial charge in [0.2, 0.25) is 0 Å². The molecule has 0 spiro atoms. The zero-order chi connectivity index (χ0) is 17.0. The fourth-order valence-corrected chi connectivity index (χ4v) is 3.03. The van der Waals surface area contributed by atoms with Crippen molar-refractivity contribution in [2.24, 2.45) is 0 Å². The van der Waals surface area contributed by atoms with Crippen LogP contribution in [0.25, 0.3) is 6.08 Å². The van der Waals surface area contributed by atoms with Gasteiger partial charge in [-0.25, -0.2) is 0 Å². The van der Waals surface area contributed by atoms with Crippen molar-refractivity contribution in [3.63, 3.8) is 0 Å². The van der Waals surface area contributed by atoms with Crippen molar-refractivity contribution in [2.75, 3.05) is 6.54 Å². The Hall–Kier alpha value is -2.52. The van der Waals surface area contributed by atoms with Crippen molar-refractivity contribution in [1.82, 2.24) is 4.90 Å². The predicted octanol–water partition coefficient (Wildman–Crippen LogP) is 3.14. The van der Waals surface area contributed by atoms with E-state index in [1.165, 1.54) is 23.6 Å². The van der Waals surface area contributed by atoms with E-state index < -0.39 is 0 Å². The third kappa shape index (κ3) is 4.02. The Kier molecular flexibility index (Phi) is 5.24. The summed E-state index contributed by atoms with van der Waals surface area (Å²) < 4.78 is 5.20. The molecule has 5 nitrogen and oxygen atoms in total. The van der Waals surface area contributed by atoms with Crippen LogP contribution in [-0.2, 0) is 9.59 Å². The fraction of sp³-hybridized carbons (Fsp3) is 0.235. The smallest absolute Gasteiger partial charge is 0.308 e. The van der Waals surface area contributed by atoms with Gasteiger partial charge < -0.3 is 9.64 Å². The van der Waals surface area contributed by atoms with Crippen molar-refractivity contribution >= 4 is 29.7 Å². The zero-order valence-corrected chi connectivity index (χ0v) is 13.9. The van der Waals surface area contributed by atoms with Gasteiger partial charge in [-0.05, 0) is 54.2 Å². The third-order valence-corrected chi connectivity index (χ3v) is 3.98. The minimum Gasteiger partial charge on any atom is -0.426 e. The number of hydrogen-bond donors (Lipinski definition) is 0. The van der Waals surface area contributed by atoms with Gasteiger partial charge in [0.25, 0.3) is 5.91 Å². The Labute approximate surface area is 139 Å². The summed E-state index contributed by atoms with van der Waals surface area (Å²) in [7, 11) is 0. The Bertz CT molecular complexity index is 737. The maximum atomic E-state index is 12.3. The van der Waals surface area contributed by atoms with Crippen molar-refractivity contribution in [3.8, 4) is 11.8 Å². The van der Waals surface area contributed by atoms with Crippen LogP contribution >= 0.6 is 11.8 Å². The van der Waals surface area contributed by atoms with Crippen molar-refractivity contribution in [3.05, 3.63) is 45.3 Å². The highest BCUT2D eigenvalue weighted by Gasteiger charge is 2.20. The lowest BCUT2D eigenvalue weighted by Crippen LogP contribution is -2.28. The predicted molar refractivity (Wildman–Crippen MR) is 89.3 cm³/mol. The zero-order valence-electron chi connectivity index (χ0n) is 13.1. The molecule has 0 saturated carbocycles. The van der Waals surface area contributed by atoms with Crippen LogP contribution in [0.2, 0.25) is 0 Å². The Morgan fingerprint density at radius 3 is 2.61 bits per heavy atom. The first-order chi connectivity index (χ1) is 10.9. The number of carbonyl (C=O) groups is 2. The molecule has 0 fully saturated rings. The van der Waals surface area contributed by atoms with Crippen molar-refractivity contribution in [1.29, 1.82) is 5.26 Å². The summed E-state index contributed by atoms with van der Waals surface area (Å²) in [6.07, 6.45) is 3.38. The maximum absolute atomic E-state index is 12.3. The minimum absolute atomic E-state index is 0.0245. The average molecular weight is 328 g/mol. The van der Waals surface area contributed by atoms with Crippen LogP contribution < -0.4 is 4.74 Å². The summed E-state index contributed by atoms with van der Waals surface area (Å²) in [5, 5.41) is 10.5. The number of hydrogen-bond acceptors (Lipinski definition) is 5. The number of nitrogens with zero attached hydrogens (tertiary/aromatic N) is 2. The number of amides is 1. The lowest BCUT2D eigenvalue weighted by molar-refractivity contribution is -0.132. The molecule has 0 atom stereocenters. The molecule has 1 heterocycles. The summed E-state index contributed by atoms with van der Waals surface area (Å²) >= 11 is 1.32. The normalized spacial score (nSPS) is 15.7. The summed E-state index contributed by atoms with van der Waals surface area (Å²) in [5.41, 5.74) is 2.49. The molecule has 2 rings (SSSR count). The van der Waals surface area contributed by atoms with Crippen LogP contribution in [-0.4, -0.2) is 23.3 Å².